The molecule has 2 N–H and O–H groups in total. The van der Waals surface area contributed by atoms with E-state index in [2.05, 4.69) is 56.9 Å². The molecule has 1 rings (SSSR count). The Hall–Kier alpha value is -0.860. The van der Waals surface area contributed by atoms with Crippen LogP contribution in [0.4, 0.5) is 0 Å². The Morgan fingerprint density at radius 2 is 1.75 bits per heavy atom. The van der Waals surface area contributed by atoms with Crippen LogP contribution in [0, 0.1) is 5.92 Å². The number of hydrogen-bond donors (Lipinski definition) is 1. The third-order valence-electron chi connectivity index (χ3n) is 3.78. The van der Waals surface area contributed by atoms with Crippen molar-refractivity contribution in [3.05, 3.63) is 35.4 Å². The summed E-state index contributed by atoms with van der Waals surface area (Å²) in [6.45, 7) is 12.2. The van der Waals surface area contributed by atoms with Crippen molar-refractivity contribution in [3.63, 3.8) is 0 Å². The Morgan fingerprint density at radius 3 is 2.25 bits per heavy atom. The monoisotopic (exact) mass is 276 g/mol. The minimum absolute atomic E-state index is 0.125. The lowest BCUT2D eigenvalue weighted by atomic mass is 9.99. The Bertz CT molecular complexity index is 356. The molecule has 0 aromatic heterocycles. The maximum Gasteiger partial charge on any atom is 0.0424 e. The van der Waals surface area contributed by atoms with E-state index in [1.807, 2.05) is 0 Å². The molecule has 0 saturated carbocycles. The molecular weight excluding hydrogens is 244 g/mol. The lowest BCUT2D eigenvalue weighted by Gasteiger charge is -2.24. The number of unbranched alkanes of at least 4 members (excludes halogenated alkanes) is 1. The zero-order chi connectivity index (χ0) is 15.0. The van der Waals surface area contributed by atoms with E-state index in [1.165, 1.54) is 24.0 Å². The van der Waals surface area contributed by atoms with E-state index in [0.717, 1.165) is 26.1 Å². The molecule has 0 bridgehead atoms. The molecule has 0 radical (unpaired) electrons. The van der Waals surface area contributed by atoms with Crippen LogP contribution < -0.4 is 5.73 Å². The molecule has 20 heavy (non-hydrogen) atoms. The maximum absolute atomic E-state index is 6.35. The van der Waals surface area contributed by atoms with Gasteiger partial charge in [-0.2, -0.15) is 0 Å². The van der Waals surface area contributed by atoms with E-state index < -0.39 is 0 Å². The molecule has 2 nitrogen and oxygen atoms in total. The standard InChI is InChI=1S/C18H32N2/c1-5-7-12-20(6-2)14-18(19)17-10-8-16(9-11-17)13-15(3)4/h8-11,15,18H,5-7,12-14,19H2,1-4H3. The van der Waals surface area contributed by atoms with E-state index in [9.17, 15) is 0 Å². The number of rotatable bonds is 9. The van der Waals surface area contributed by atoms with Crippen LogP contribution in [0.3, 0.4) is 0 Å². The molecule has 1 atom stereocenters. The van der Waals surface area contributed by atoms with Gasteiger partial charge in [0.25, 0.3) is 0 Å². The zero-order valence-corrected chi connectivity index (χ0v) is 13.7. The number of hydrogen-bond acceptors (Lipinski definition) is 2. The van der Waals surface area contributed by atoms with Crippen LogP contribution in [0.2, 0.25) is 0 Å². The second-order valence-corrected chi connectivity index (χ2v) is 6.19. The van der Waals surface area contributed by atoms with Crippen LogP contribution in [-0.2, 0) is 6.42 Å². The summed E-state index contributed by atoms with van der Waals surface area (Å²) in [7, 11) is 0. The van der Waals surface area contributed by atoms with Gasteiger partial charge in [-0.25, -0.2) is 0 Å². The Morgan fingerprint density at radius 1 is 1.10 bits per heavy atom. The van der Waals surface area contributed by atoms with Crippen molar-refractivity contribution < 1.29 is 0 Å². The van der Waals surface area contributed by atoms with Crippen molar-refractivity contribution in [3.8, 4) is 0 Å². The average molecular weight is 276 g/mol. The Kier molecular flexibility index (Phi) is 7.86. The van der Waals surface area contributed by atoms with Crippen LogP contribution in [-0.4, -0.2) is 24.5 Å². The minimum Gasteiger partial charge on any atom is -0.323 e. The molecule has 1 aromatic rings. The van der Waals surface area contributed by atoms with Crippen molar-refractivity contribution in [1.82, 2.24) is 4.90 Å². The highest BCUT2D eigenvalue weighted by molar-refractivity contribution is 5.25. The van der Waals surface area contributed by atoms with E-state index in [1.54, 1.807) is 0 Å². The fraction of sp³-hybridized carbons (Fsp3) is 0.667. The Labute approximate surface area is 125 Å². The lowest BCUT2D eigenvalue weighted by molar-refractivity contribution is 0.266. The molecule has 0 saturated heterocycles. The molecule has 0 aliphatic rings. The first kappa shape index (κ1) is 17.2. The van der Waals surface area contributed by atoms with Gasteiger partial charge >= 0.3 is 0 Å². The van der Waals surface area contributed by atoms with Gasteiger partial charge in [0.1, 0.15) is 0 Å². The van der Waals surface area contributed by atoms with Crippen LogP contribution in [0.25, 0.3) is 0 Å². The molecule has 0 fully saturated rings. The summed E-state index contributed by atoms with van der Waals surface area (Å²) in [6, 6.07) is 9.00. The highest BCUT2D eigenvalue weighted by Crippen LogP contribution is 2.15. The maximum atomic E-state index is 6.35. The van der Waals surface area contributed by atoms with Gasteiger partial charge in [0.2, 0.25) is 0 Å². The van der Waals surface area contributed by atoms with Crippen molar-refractivity contribution in [2.45, 2.75) is 53.0 Å². The summed E-state index contributed by atoms with van der Waals surface area (Å²) >= 11 is 0. The largest absolute Gasteiger partial charge is 0.323 e. The summed E-state index contributed by atoms with van der Waals surface area (Å²) in [5.74, 6) is 0.708. The number of nitrogens with two attached hydrogens (primary N) is 1. The molecule has 1 aromatic carbocycles. The van der Waals surface area contributed by atoms with Gasteiger partial charge in [0.05, 0.1) is 0 Å². The van der Waals surface area contributed by atoms with Crippen LogP contribution in [0.1, 0.15) is 57.7 Å². The normalized spacial score (nSPS) is 13.2. The molecule has 0 spiro atoms. The predicted octanol–water partition coefficient (Wildman–Crippen LogP) is 4.01. The summed E-state index contributed by atoms with van der Waals surface area (Å²) in [4.78, 5) is 2.45. The van der Waals surface area contributed by atoms with Crippen molar-refractivity contribution in [1.29, 1.82) is 0 Å². The van der Waals surface area contributed by atoms with Crippen molar-refractivity contribution in [2.24, 2.45) is 11.7 Å². The third kappa shape index (κ3) is 6.06. The number of likely N-dealkylation sites (N-methyl/N-ethyl adjacent to an activating group) is 1. The van der Waals surface area contributed by atoms with Gasteiger partial charge in [-0.3, -0.25) is 0 Å². The van der Waals surface area contributed by atoms with Crippen LogP contribution in [0.15, 0.2) is 24.3 Å². The number of nitrogens with zero attached hydrogens (tertiary/aromatic N) is 1. The van der Waals surface area contributed by atoms with Gasteiger partial charge in [-0.15, -0.1) is 0 Å². The third-order valence-corrected chi connectivity index (χ3v) is 3.78. The second kappa shape index (κ2) is 9.15. The fourth-order valence-electron chi connectivity index (χ4n) is 2.52. The summed E-state index contributed by atoms with van der Waals surface area (Å²) < 4.78 is 0. The quantitative estimate of drug-likeness (QED) is 0.738. The van der Waals surface area contributed by atoms with Gasteiger partial charge in [0, 0.05) is 12.6 Å². The smallest absolute Gasteiger partial charge is 0.0424 e. The molecule has 114 valence electrons. The molecular formula is C18H32N2. The first-order valence-corrected chi connectivity index (χ1v) is 8.13. The first-order chi connectivity index (χ1) is 9.56. The van der Waals surface area contributed by atoms with E-state index in [0.29, 0.717) is 5.92 Å². The molecule has 1 unspecified atom stereocenters. The van der Waals surface area contributed by atoms with Gasteiger partial charge in [-0.05, 0) is 43.0 Å². The predicted molar refractivity (Wildman–Crippen MR) is 88.9 cm³/mol. The summed E-state index contributed by atoms with van der Waals surface area (Å²) in [5, 5.41) is 0. The molecule has 0 heterocycles. The topological polar surface area (TPSA) is 29.3 Å². The van der Waals surface area contributed by atoms with Gasteiger partial charge in [-0.1, -0.05) is 58.4 Å². The van der Waals surface area contributed by atoms with E-state index in [4.69, 9.17) is 5.73 Å². The van der Waals surface area contributed by atoms with Gasteiger partial charge in [0.15, 0.2) is 0 Å². The van der Waals surface area contributed by atoms with E-state index in [-0.39, 0.29) is 6.04 Å². The Balaban J connectivity index is 2.55. The van der Waals surface area contributed by atoms with Crippen LogP contribution in [0.5, 0.6) is 0 Å². The number of benzene rings is 1. The highest BCUT2D eigenvalue weighted by Gasteiger charge is 2.11. The first-order valence-electron chi connectivity index (χ1n) is 8.13. The lowest BCUT2D eigenvalue weighted by Crippen LogP contribution is -2.32. The zero-order valence-electron chi connectivity index (χ0n) is 13.7. The van der Waals surface area contributed by atoms with Gasteiger partial charge < -0.3 is 10.6 Å². The highest BCUT2D eigenvalue weighted by atomic mass is 15.1. The second-order valence-electron chi connectivity index (χ2n) is 6.19. The van der Waals surface area contributed by atoms with Crippen LogP contribution >= 0.6 is 0 Å². The summed E-state index contributed by atoms with van der Waals surface area (Å²) in [6.07, 6.45) is 3.65. The minimum atomic E-state index is 0.125. The van der Waals surface area contributed by atoms with E-state index >= 15 is 0 Å². The molecule has 2 heteroatoms. The SMILES string of the molecule is CCCCN(CC)CC(N)c1ccc(CC(C)C)cc1. The molecule has 0 aliphatic heterocycles. The molecule has 0 aliphatic carbocycles. The fourth-order valence-corrected chi connectivity index (χ4v) is 2.52. The molecule has 0 amide bonds. The van der Waals surface area contributed by atoms with Crippen molar-refractivity contribution in [2.75, 3.05) is 19.6 Å². The van der Waals surface area contributed by atoms with Crippen molar-refractivity contribution >= 4 is 0 Å². The average Bonchev–Trinajstić information content (AvgIpc) is 2.43. The summed E-state index contributed by atoms with van der Waals surface area (Å²) in [5.41, 5.74) is 9.02.